The molecule has 0 radical (unpaired) electrons. The predicted molar refractivity (Wildman–Crippen MR) is 130 cm³/mol. The second-order valence-corrected chi connectivity index (χ2v) is 11.5. The van der Waals surface area contributed by atoms with Gasteiger partial charge in [0.05, 0.1) is 21.5 Å². The zero-order valence-electron chi connectivity index (χ0n) is 18.6. The van der Waals surface area contributed by atoms with Gasteiger partial charge in [-0.15, -0.1) is 10.1 Å². The number of sulfone groups is 1. The Bertz CT molecular complexity index is 1640. The molecule has 1 saturated heterocycles. The highest BCUT2D eigenvalue weighted by atomic mass is 35.5. The first-order valence-corrected chi connectivity index (χ1v) is 12.9. The van der Waals surface area contributed by atoms with Gasteiger partial charge in [-0.05, 0) is 37.5 Å². The Morgan fingerprint density at radius 2 is 2.20 bits per heavy atom. The highest BCUT2D eigenvalue weighted by Crippen LogP contribution is 2.39. The predicted octanol–water partition coefficient (Wildman–Crippen LogP) is 2.77. The summed E-state index contributed by atoms with van der Waals surface area (Å²) < 4.78 is 27.8. The van der Waals surface area contributed by atoms with Crippen LogP contribution in [0.25, 0.3) is 16.0 Å². The van der Waals surface area contributed by atoms with Gasteiger partial charge in [0.25, 0.3) is 11.7 Å². The van der Waals surface area contributed by atoms with Crippen LogP contribution in [0.1, 0.15) is 47.3 Å². The molecule has 3 N–H and O–H groups in total. The molecule has 1 aliphatic heterocycles. The van der Waals surface area contributed by atoms with Crippen molar-refractivity contribution in [3.05, 3.63) is 64.1 Å². The van der Waals surface area contributed by atoms with E-state index in [2.05, 4.69) is 25.2 Å². The monoisotopic (exact) mass is 512 g/mol. The van der Waals surface area contributed by atoms with E-state index in [0.717, 1.165) is 5.69 Å². The van der Waals surface area contributed by atoms with Gasteiger partial charge in [0.15, 0.2) is 27.6 Å². The second kappa shape index (κ2) is 8.51. The number of carbonyl (C=O) groups is 1. The summed E-state index contributed by atoms with van der Waals surface area (Å²) in [6, 6.07) is 3.38. The molecule has 4 aromatic heterocycles. The van der Waals surface area contributed by atoms with Gasteiger partial charge in [-0.3, -0.25) is 9.20 Å². The number of nitrogens with one attached hydrogen (secondary N) is 1. The first-order valence-electron chi connectivity index (χ1n) is 10.9. The highest BCUT2D eigenvalue weighted by Gasteiger charge is 2.34. The third kappa shape index (κ3) is 3.86. The minimum absolute atomic E-state index is 0.0533. The van der Waals surface area contributed by atoms with E-state index in [4.69, 9.17) is 23.9 Å². The molecule has 1 amide bonds. The molecule has 5 heterocycles. The number of amides is 1. The van der Waals surface area contributed by atoms with E-state index < -0.39 is 21.0 Å². The first kappa shape index (κ1) is 23.1. The number of hydrogen-bond donors (Lipinski definition) is 2. The number of pyridine rings is 1. The van der Waals surface area contributed by atoms with Crippen LogP contribution in [0.2, 0.25) is 5.02 Å². The molecular weight excluding hydrogens is 492 g/mol. The SMILES string of the molecule is [C-]#[N+]c1ncn2c(C3CCS(=O)(=O)C(C)C3)c(CNC(=O)c3c(N)nn4cccnc34)cc(Cl)c12. The van der Waals surface area contributed by atoms with Crippen LogP contribution < -0.4 is 11.1 Å². The molecule has 180 valence electrons. The van der Waals surface area contributed by atoms with Gasteiger partial charge >= 0.3 is 0 Å². The van der Waals surface area contributed by atoms with Crippen LogP contribution in [-0.4, -0.2) is 49.3 Å². The minimum atomic E-state index is -3.16. The van der Waals surface area contributed by atoms with Gasteiger partial charge in [-0.2, -0.15) is 0 Å². The number of fused-ring (bicyclic) bond motifs is 2. The molecule has 4 aromatic rings. The maximum Gasteiger partial charge on any atom is 0.296 e. The third-order valence-corrected chi connectivity index (χ3v) is 8.94. The maximum absolute atomic E-state index is 13.1. The normalized spacial score (nSPS) is 19.6. The fraction of sp³-hybridized carbons (Fsp3) is 0.318. The lowest BCUT2D eigenvalue weighted by Crippen LogP contribution is -2.32. The summed E-state index contributed by atoms with van der Waals surface area (Å²) in [7, 11) is -3.16. The van der Waals surface area contributed by atoms with Crippen molar-refractivity contribution in [3.8, 4) is 0 Å². The quantitative estimate of drug-likeness (QED) is 0.400. The molecular formula is C22H21ClN8O3S. The summed E-state index contributed by atoms with van der Waals surface area (Å²) in [6.45, 7) is 9.22. The number of nitrogen functional groups attached to an aromatic ring is 1. The van der Waals surface area contributed by atoms with Crippen molar-refractivity contribution in [2.45, 2.75) is 37.5 Å². The van der Waals surface area contributed by atoms with Crippen LogP contribution in [0.4, 0.5) is 11.6 Å². The number of anilines is 1. The fourth-order valence-corrected chi connectivity index (χ4v) is 6.53. The van der Waals surface area contributed by atoms with Crippen molar-refractivity contribution in [1.29, 1.82) is 0 Å². The number of imidazole rings is 1. The summed E-state index contributed by atoms with van der Waals surface area (Å²) in [5, 5.41) is 6.80. The van der Waals surface area contributed by atoms with Crippen molar-refractivity contribution in [3.63, 3.8) is 0 Å². The number of nitrogens with two attached hydrogens (primary N) is 1. The Morgan fingerprint density at radius 1 is 1.40 bits per heavy atom. The fourth-order valence-electron chi connectivity index (χ4n) is 4.68. The molecule has 0 spiro atoms. The van der Waals surface area contributed by atoms with E-state index in [1.165, 1.54) is 10.8 Å². The minimum Gasteiger partial charge on any atom is -0.381 e. The lowest BCUT2D eigenvalue weighted by atomic mass is 9.91. The van der Waals surface area contributed by atoms with Gasteiger partial charge in [0, 0.05) is 30.6 Å². The van der Waals surface area contributed by atoms with Gasteiger partial charge in [0.1, 0.15) is 5.56 Å². The van der Waals surface area contributed by atoms with Gasteiger partial charge in [-0.1, -0.05) is 18.2 Å². The van der Waals surface area contributed by atoms with E-state index in [1.54, 1.807) is 35.9 Å². The van der Waals surface area contributed by atoms with Gasteiger partial charge in [-0.25, -0.2) is 17.9 Å². The van der Waals surface area contributed by atoms with E-state index in [0.29, 0.717) is 34.6 Å². The highest BCUT2D eigenvalue weighted by molar-refractivity contribution is 7.92. The zero-order chi connectivity index (χ0) is 24.9. The molecule has 1 aliphatic rings. The van der Waals surface area contributed by atoms with E-state index in [-0.39, 0.29) is 35.4 Å². The third-order valence-electron chi connectivity index (χ3n) is 6.43. The van der Waals surface area contributed by atoms with Crippen LogP contribution in [0.15, 0.2) is 30.9 Å². The topological polar surface area (TPSA) is 141 Å². The Hall–Kier alpha value is -3.69. The smallest absolute Gasteiger partial charge is 0.296 e. The average Bonchev–Trinajstić information content (AvgIpc) is 3.40. The molecule has 0 aliphatic carbocycles. The Labute approximate surface area is 205 Å². The van der Waals surface area contributed by atoms with Crippen molar-refractivity contribution < 1.29 is 13.2 Å². The first-order chi connectivity index (χ1) is 16.7. The van der Waals surface area contributed by atoms with Crippen molar-refractivity contribution >= 4 is 50.1 Å². The maximum atomic E-state index is 13.1. The molecule has 13 heteroatoms. The summed E-state index contributed by atoms with van der Waals surface area (Å²) in [6.07, 6.45) is 5.55. The van der Waals surface area contributed by atoms with Gasteiger partial charge in [0.2, 0.25) is 0 Å². The van der Waals surface area contributed by atoms with Crippen LogP contribution in [-0.2, 0) is 16.4 Å². The van der Waals surface area contributed by atoms with E-state index >= 15 is 0 Å². The van der Waals surface area contributed by atoms with Crippen molar-refractivity contribution in [2.75, 3.05) is 11.5 Å². The Balaban J connectivity index is 1.54. The van der Waals surface area contributed by atoms with Crippen molar-refractivity contribution in [1.82, 2.24) is 29.3 Å². The Kier molecular flexibility index (Phi) is 5.61. The van der Waals surface area contributed by atoms with Gasteiger partial charge < -0.3 is 15.9 Å². The number of hydrogen-bond acceptors (Lipinski definition) is 7. The number of carbonyl (C=O) groups excluding carboxylic acids is 1. The largest absolute Gasteiger partial charge is 0.381 e. The Morgan fingerprint density at radius 3 is 2.94 bits per heavy atom. The van der Waals surface area contributed by atoms with Crippen LogP contribution >= 0.6 is 11.6 Å². The molecule has 0 aromatic carbocycles. The lowest BCUT2D eigenvalue weighted by molar-refractivity contribution is 0.0953. The van der Waals surface area contributed by atoms with Crippen LogP contribution in [0, 0.1) is 6.57 Å². The molecule has 2 atom stereocenters. The van der Waals surface area contributed by atoms with E-state index in [1.807, 2.05) is 0 Å². The second-order valence-electron chi connectivity index (χ2n) is 8.53. The number of rotatable bonds is 4. The molecule has 2 unspecified atom stereocenters. The molecule has 0 saturated carbocycles. The lowest BCUT2D eigenvalue weighted by Gasteiger charge is -2.29. The average molecular weight is 513 g/mol. The number of nitrogens with zero attached hydrogens (tertiary/aromatic N) is 6. The summed E-state index contributed by atoms with van der Waals surface area (Å²) in [5.41, 5.74) is 8.41. The number of aromatic nitrogens is 5. The molecule has 0 bridgehead atoms. The number of halogens is 1. The molecule has 5 rings (SSSR count). The van der Waals surface area contributed by atoms with Crippen LogP contribution in [0.5, 0.6) is 0 Å². The zero-order valence-corrected chi connectivity index (χ0v) is 20.2. The molecule has 11 nitrogen and oxygen atoms in total. The van der Waals surface area contributed by atoms with Crippen LogP contribution in [0.3, 0.4) is 0 Å². The summed E-state index contributed by atoms with van der Waals surface area (Å²) >= 11 is 6.53. The molecule has 1 fully saturated rings. The summed E-state index contributed by atoms with van der Waals surface area (Å²) in [4.78, 5) is 24.9. The van der Waals surface area contributed by atoms with Crippen molar-refractivity contribution in [2.24, 2.45) is 0 Å². The molecule has 35 heavy (non-hydrogen) atoms. The van der Waals surface area contributed by atoms with E-state index in [9.17, 15) is 13.2 Å². The summed E-state index contributed by atoms with van der Waals surface area (Å²) in [5.74, 6) is -0.308. The standard InChI is InChI=1S/C22H21ClN8O3S/c1-12-8-13(4-7-35(12,33)34)17-14(9-15(23)18-20(25-2)28-11-30(17)18)10-27-22(32)16-19(24)29-31-6-3-5-26-21(16)31/h3,5-6,9,11-13H,4,7-8,10H2,1H3,(H2,24,29)(H,27,32).